The van der Waals surface area contributed by atoms with E-state index in [2.05, 4.69) is 182 Å². The van der Waals surface area contributed by atoms with E-state index in [1.807, 2.05) is 0 Å². The number of hydrogen-bond acceptors (Lipinski definition) is 0. The predicted molar refractivity (Wildman–Crippen MR) is 207 cm³/mol. The maximum absolute atomic E-state index is 2.52. The summed E-state index contributed by atoms with van der Waals surface area (Å²) in [6.07, 6.45) is 0. The van der Waals surface area contributed by atoms with Crippen molar-refractivity contribution in [1.29, 1.82) is 0 Å². The van der Waals surface area contributed by atoms with Crippen LogP contribution in [0, 0.1) is 0 Å². The summed E-state index contributed by atoms with van der Waals surface area (Å²) >= 11 is 0. The first-order valence-electron chi connectivity index (χ1n) is 17.3. The number of para-hydroxylation sites is 3. The van der Waals surface area contributed by atoms with Crippen LogP contribution in [0.1, 0.15) is 25.0 Å². The molecule has 10 rings (SSSR count). The molecule has 8 aromatic rings. The van der Waals surface area contributed by atoms with Crippen LogP contribution in [0.4, 0.5) is 0 Å². The minimum absolute atomic E-state index is 0.173. The molecule has 2 aliphatic rings. The summed E-state index contributed by atoms with van der Waals surface area (Å²) in [6, 6.07) is 54.3. The fourth-order valence-corrected chi connectivity index (χ4v) is 12.9. The molecular formula is C45H37N2Si-. The summed E-state index contributed by atoms with van der Waals surface area (Å²) < 4.78 is 5.02. The van der Waals surface area contributed by atoms with Crippen LogP contribution in [0.2, 0.25) is 13.1 Å². The van der Waals surface area contributed by atoms with Crippen molar-refractivity contribution in [3.8, 4) is 45.0 Å². The van der Waals surface area contributed by atoms with E-state index in [0.29, 0.717) is 0 Å². The van der Waals surface area contributed by atoms with Gasteiger partial charge in [0.1, 0.15) is 0 Å². The second-order valence-corrected chi connectivity index (χ2v) is 19.9. The Bertz CT molecular complexity index is 2600. The quantitative estimate of drug-likeness (QED) is 0.171. The van der Waals surface area contributed by atoms with Gasteiger partial charge in [0.25, 0.3) is 0 Å². The molecule has 0 radical (unpaired) electrons. The van der Waals surface area contributed by atoms with Crippen LogP contribution in [-0.4, -0.2) is 17.2 Å². The normalized spacial score (nSPS) is 15.7. The molecule has 1 aliphatic carbocycles. The Morgan fingerprint density at radius 1 is 0.458 bits per heavy atom. The number of nitrogens with zero attached hydrogens (tertiary/aromatic N) is 2. The molecule has 0 spiro atoms. The van der Waals surface area contributed by atoms with Crippen molar-refractivity contribution in [3.05, 3.63) is 157 Å². The van der Waals surface area contributed by atoms with Gasteiger partial charge in [0, 0.05) is 11.1 Å². The molecule has 1 aliphatic heterocycles. The van der Waals surface area contributed by atoms with E-state index in [1.54, 1.807) is 10.4 Å². The van der Waals surface area contributed by atoms with E-state index in [4.69, 9.17) is 0 Å². The standard InChI is InChI=1S/C45H37N2Si/c1-45(2)41-34-17-8-11-19-37(34)46(31-14-6-5-7-15-31)43(41)44-42(45)35-18-9-12-20-38(35)47(44)32-25-22-29(23-26-32)30-24-27-40-36(28-30)33-16-10-13-21-39(33)48(40,3)4/h5-28,48H,1-4H3/q-1. The van der Waals surface area contributed by atoms with Gasteiger partial charge < -0.3 is 0 Å². The van der Waals surface area contributed by atoms with Crippen molar-refractivity contribution in [2.24, 2.45) is 0 Å². The molecule has 3 heteroatoms. The summed E-state index contributed by atoms with van der Waals surface area (Å²) in [5.74, 6) is 0. The topological polar surface area (TPSA) is 9.86 Å². The predicted octanol–water partition coefficient (Wildman–Crippen LogP) is 10.1. The van der Waals surface area contributed by atoms with Gasteiger partial charge in [-0.15, -0.1) is 0 Å². The van der Waals surface area contributed by atoms with E-state index < -0.39 is 8.07 Å². The van der Waals surface area contributed by atoms with Gasteiger partial charge >= 0.3 is 192 Å². The first-order chi connectivity index (χ1) is 23.4. The van der Waals surface area contributed by atoms with Gasteiger partial charge in [-0.3, -0.25) is 0 Å². The summed E-state index contributed by atoms with van der Waals surface area (Å²) in [7, 11) is -2.01. The van der Waals surface area contributed by atoms with E-state index in [1.165, 1.54) is 77.9 Å². The van der Waals surface area contributed by atoms with Crippen molar-refractivity contribution in [3.63, 3.8) is 0 Å². The number of fused-ring (bicyclic) bond motifs is 10. The minimum atomic E-state index is -2.01. The molecule has 0 saturated carbocycles. The zero-order valence-electron chi connectivity index (χ0n) is 27.8. The van der Waals surface area contributed by atoms with Crippen LogP contribution in [0.25, 0.3) is 66.8 Å². The van der Waals surface area contributed by atoms with E-state index >= 15 is 0 Å². The molecule has 48 heavy (non-hydrogen) atoms. The first-order valence-corrected chi connectivity index (χ1v) is 20.7. The van der Waals surface area contributed by atoms with Crippen LogP contribution in [0.3, 0.4) is 0 Å². The van der Waals surface area contributed by atoms with Crippen molar-refractivity contribution in [2.75, 3.05) is 0 Å². The van der Waals surface area contributed by atoms with Crippen LogP contribution < -0.4 is 10.4 Å². The van der Waals surface area contributed by atoms with Gasteiger partial charge in [-0.05, 0) is 18.2 Å². The molecule has 3 heterocycles. The van der Waals surface area contributed by atoms with E-state index in [0.717, 1.165) is 0 Å². The number of hydrogen-bond donors (Lipinski definition) is 0. The summed E-state index contributed by atoms with van der Waals surface area (Å²) in [4.78, 5) is 0. The summed E-state index contributed by atoms with van der Waals surface area (Å²) in [5.41, 5.74) is 15.5. The molecule has 0 N–H and O–H groups in total. The molecule has 0 unspecified atom stereocenters. The fraction of sp³-hybridized carbons (Fsp3) is 0.111. The second kappa shape index (κ2) is 9.59. The summed E-state index contributed by atoms with van der Waals surface area (Å²) in [5, 5.41) is 5.81. The monoisotopic (exact) mass is 633 g/mol. The zero-order chi connectivity index (χ0) is 32.4. The SMILES string of the molecule is CC1(C)c2c(n(-c3ccccc3)c3ccccc23)-c2c1c1ccccc1n2-c1ccc(-c2ccc3c(c2)-c2ccccc2[SiH-]3(C)C)cc1. The van der Waals surface area contributed by atoms with Crippen molar-refractivity contribution in [2.45, 2.75) is 32.4 Å². The summed E-state index contributed by atoms with van der Waals surface area (Å²) in [6.45, 7) is 9.85. The van der Waals surface area contributed by atoms with Gasteiger partial charge in [-0.1, -0.05) is 56.3 Å². The Labute approximate surface area is 282 Å². The number of aromatic nitrogens is 2. The van der Waals surface area contributed by atoms with E-state index in [9.17, 15) is 0 Å². The Morgan fingerprint density at radius 2 is 0.958 bits per heavy atom. The van der Waals surface area contributed by atoms with Crippen molar-refractivity contribution in [1.82, 2.24) is 9.13 Å². The molecule has 2 aromatic heterocycles. The third-order valence-corrected chi connectivity index (χ3v) is 15.7. The molecule has 232 valence electrons. The third-order valence-electron chi connectivity index (χ3n) is 11.6. The maximum atomic E-state index is 2.52. The van der Waals surface area contributed by atoms with Crippen molar-refractivity contribution >= 4 is 40.3 Å². The molecule has 0 saturated heterocycles. The molecule has 6 aromatic carbocycles. The Balaban J connectivity index is 1.19. The van der Waals surface area contributed by atoms with Crippen LogP contribution in [-0.2, 0) is 5.41 Å². The average Bonchev–Trinajstić information content (AvgIpc) is 3.79. The second-order valence-electron chi connectivity index (χ2n) is 14.9. The molecule has 0 amide bonds. The molecule has 0 atom stereocenters. The number of rotatable bonds is 3. The van der Waals surface area contributed by atoms with Crippen LogP contribution in [0.15, 0.2) is 146 Å². The van der Waals surface area contributed by atoms with Crippen molar-refractivity contribution < 1.29 is 0 Å². The zero-order valence-corrected chi connectivity index (χ0v) is 29.0. The van der Waals surface area contributed by atoms with Gasteiger partial charge in [-0.2, -0.15) is 0 Å². The molecular weight excluding hydrogens is 597 g/mol. The first kappa shape index (κ1) is 27.7. The van der Waals surface area contributed by atoms with Gasteiger partial charge in [0.2, 0.25) is 0 Å². The molecule has 0 fully saturated rings. The van der Waals surface area contributed by atoms with Gasteiger partial charge in [0.05, 0.1) is 5.52 Å². The van der Waals surface area contributed by atoms with E-state index in [-0.39, 0.29) is 5.41 Å². The van der Waals surface area contributed by atoms with Gasteiger partial charge in [0.15, 0.2) is 0 Å². The van der Waals surface area contributed by atoms with Crippen LogP contribution in [0.5, 0.6) is 0 Å². The van der Waals surface area contributed by atoms with Crippen LogP contribution >= 0.6 is 0 Å². The van der Waals surface area contributed by atoms with Gasteiger partial charge in [-0.25, -0.2) is 0 Å². The molecule has 0 bridgehead atoms. The number of benzene rings is 6. The third kappa shape index (κ3) is 3.52. The Kier molecular flexibility index (Phi) is 5.53. The average molecular weight is 634 g/mol. The molecule has 2 nitrogen and oxygen atoms in total. The Morgan fingerprint density at radius 3 is 1.60 bits per heavy atom. The Hall–Kier alpha value is -5.38. The fourth-order valence-electron chi connectivity index (χ4n) is 9.37.